The van der Waals surface area contributed by atoms with Crippen molar-refractivity contribution < 1.29 is 14.7 Å². The van der Waals surface area contributed by atoms with E-state index in [9.17, 15) is 14.7 Å². The Balaban J connectivity index is 1.67. The van der Waals surface area contributed by atoms with Crippen LogP contribution in [-0.2, 0) is 9.59 Å². The van der Waals surface area contributed by atoms with Gasteiger partial charge in [0.05, 0.1) is 23.6 Å². The second-order valence-corrected chi connectivity index (χ2v) is 6.99. The van der Waals surface area contributed by atoms with E-state index in [1.807, 2.05) is 42.5 Å². The highest BCUT2D eigenvalue weighted by molar-refractivity contribution is 9.10. The standard InChI is InChI=1S/C20H19BrN4O3/c21-13-6-8-15(9-7-13)24-25-18(27)11-10-16(19-17(26)12-22-20(19)28)23-14-4-2-1-3-5-14/h1-9,24,26H,10-12H2,(H,22,28)(H,25,27). The van der Waals surface area contributed by atoms with E-state index in [1.54, 1.807) is 12.1 Å². The monoisotopic (exact) mass is 442 g/mol. The highest BCUT2D eigenvalue weighted by Gasteiger charge is 2.27. The lowest BCUT2D eigenvalue weighted by Crippen LogP contribution is -2.30. The van der Waals surface area contributed by atoms with Crippen LogP contribution in [0, 0.1) is 0 Å². The number of para-hydroxylation sites is 1. The molecule has 8 heteroatoms. The van der Waals surface area contributed by atoms with Crippen molar-refractivity contribution in [3.05, 3.63) is 70.4 Å². The summed E-state index contributed by atoms with van der Waals surface area (Å²) in [7, 11) is 0. The SMILES string of the molecule is O=C(CCC(=Nc1ccccc1)C1=C(O)CNC1=O)NNc1ccc(Br)cc1. The van der Waals surface area contributed by atoms with E-state index in [4.69, 9.17) is 0 Å². The molecule has 2 aromatic carbocycles. The normalized spacial score (nSPS) is 14.0. The minimum atomic E-state index is -0.388. The van der Waals surface area contributed by atoms with Gasteiger partial charge in [-0.3, -0.25) is 25.4 Å². The molecule has 0 bridgehead atoms. The number of carbonyl (C=O) groups excluding carboxylic acids is 2. The Hall–Kier alpha value is -3.13. The molecule has 3 rings (SSSR count). The van der Waals surface area contributed by atoms with Crippen LogP contribution in [0.25, 0.3) is 0 Å². The lowest BCUT2D eigenvalue weighted by atomic mass is 10.0. The molecular weight excluding hydrogens is 424 g/mol. The number of rotatable bonds is 7. The molecule has 0 saturated carbocycles. The highest BCUT2D eigenvalue weighted by atomic mass is 79.9. The fraction of sp³-hybridized carbons (Fsp3) is 0.150. The summed E-state index contributed by atoms with van der Waals surface area (Å²) in [5.74, 6) is -0.712. The van der Waals surface area contributed by atoms with Crippen molar-refractivity contribution in [1.82, 2.24) is 10.7 Å². The highest BCUT2D eigenvalue weighted by Crippen LogP contribution is 2.19. The van der Waals surface area contributed by atoms with E-state index >= 15 is 0 Å². The van der Waals surface area contributed by atoms with Crippen LogP contribution in [0.5, 0.6) is 0 Å². The van der Waals surface area contributed by atoms with Crippen molar-refractivity contribution >= 4 is 44.8 Å². The third-order valence-electron chi connectivity index (χ3n) is 4.02. The second-order valence-electron chi connectivity index (χ2n) is 6.08. The number of hydrogen-bond donors (Lipinski definition) is 4. The lowest BCUT2D eigenvalue weighted by Gasteiger charge is -2.10. The van der Waals surface area contributed by atoms with Gasteiger partial charge in [0.2, 0.25) is 5.91 Å². The molecule has 2 amide bonds. The topological polar surface area (TPSA) is 103 Å². The van der Waals surface area contributed by atoms with E-state index in [2.05, 4.69) is 37.1 Å². The van der Waals surface area contributed by atoms with Crippen LogP contribution in [0.4, 0.5) is 11.4 Å². The Morgan fingerprint density at radius 1 is 1.11 bits per heavy atom. The number of hydrazine groups is 1. The average Bonchev–Trinajstić information content (AvgIpc) is 3.04. The summed E-state index contributed by atoms with van der Waals surface area (Å²) in [6, 6.07) is 16.4. The van der Waals surface area contributed by atoms with Gasteiger partial charge in [0.25, 0.3) is 5.91 Å². The maximum atomic E-state index is 12.2. The average molecular weight is 443 g/mol. The fourth-order valence-electron chi connectivity index (χ4n) is 2.63. The molecule has 0 saturated heterocycles. The molecule has 7 nitrogen and oxygen atoms in total. The van der Waals surface area contributed by atoms with Gasteiger partial charge in [-0.15, -0.1) is 0 Å². The number of aliphatic hydroxyl groups excluding tert-OH is 1. The first-order valence-electron chi connectivity index (χ1n) is 8.66. The predicted octanol–water partition coefficient (Wildman–Crippen LogP) is 3.39. The molecule has 144 valence electrons. The number of carbonyl (C=O) groups is 2. The van der Waals surface area contributed by atoms with Crippen molar-refractivity contribution in [3.63, 3.8) is 0 Å². The van der Waals surface area contributed by atoms with Crippen LogP contribution < -0.4 is 16.2 Å². The molecular formula is C20H19BrN4O3. The largest absolute Gasteiger partial charge is 0.510 e. The number of amides is 2. The minimum absolute atomic E-state index is 0.0620. The molecule has 1 aliphatic heterocycles. The van der Waals surface area contributed by atoms with Crippen molar-refractivity contribution in [3.8, 4) is 0 Å². The number of aliphatic imine (C=N–C) groups is 1. The number of aliphatic hydroxyl groups is 1. The maximum absolute atomic E-state index is 12.2. The van der Waals surface area contributed by atoms with E-state index in [-0.39, 0.29) is 42.5 Å². The summed E-state index contributed by atoms with van der Waals surface area (Å²) in [5, 5.41) is 12.6. The molecule has 0 aromatic heterocycles. The van der Waals surface area contributed by atoms with Gasteiger partial charge in [0, 0.05) is 10.9 Å². The lowest BCUT2D eigenvalue weighted by molar-refractivity contribution is -0.120. The van der Waals surface area contributed by atoms with Gasteiger partial charge in [0.15, 0.2) is 0 Å². The van der Waals surface area contributed by atoms with Crippen LogP contribution >= 0.6 is 15.9 Å². The zero-order valence-electron chi connectivity index (χ0n) is 14.9. The third-order valence-corrected chi connectivity index (χ3v) is 4.55. The van der Waals surface area contributed by atoms with Crippen molar-refractivity contribution in [2.45, 2.75) is 12.8 Å². The number of anilines is 1. The molecule has 0 radical (unpaired) electrons. The summed E-state index contributed by atoms with van der Waals surface area (Å²) >= 11 is 3.35. The van der Waals surface area contributed by atoms with Gasteiger partial charge >= 0.3 is 0 Å². The Morgan fingerprint density at radius 3 is 2.46 bits per heavy atom. The minimum Gasteiger partial charge on any atom is -0.510 e. The molecule has 28 heavy (non-hydrogen) atoms. The quantitative estimate of drug-likeness (QED) is 0.389. The molecule has 1 aliphatic rings. The number of halogens is 1. The first kappa shape index (κ1) is 19.6. The van der Waals surface area contributed by atoms with Crippen molar-refractivity contribution in [2.75, 3.05) is 12.0 Å². The number of benzene rings is 2. The zero-order chi connectivity index (χ0) is 19.9. The smallest absolute Gasteiger partial charge is 0.257 e. The van der Waals surface area contributed by atoms with Crippen LogP contribution in [0.1, 0.15) is 12.8 Å². The first-order chi connectivity index (χ1) is 13.5. The van der Waals surface area contributed by atoms with Gasteiger partial charge in [-0.25, -0.2) is 0 Å². The maximum Gasteiger partial charge on any atom is 0.257 e. The first-order valence-corrected chi connectivity index (χ1v) is 9.46. The van der Waals surface area contributed by atoms with E-state index in [1.165, 1.54) is 0 Å². The van der Waals surface area contributed by atoms with E-state index < -0.39 is 0 Å². The molecule has 0 aliphatic carbocycles. The molecule has 2 aromatic rings. The predicted molar refractivity (Wildman–Crippen MR) is 111 cm³/mol. The summed E-state index contributed by atoms with van der Waals surface area (Å²) < 4.78 is 0.939. The second kappa shape index (κ2) is 9.18. The summed E-state index contributed by atoms with van der Waals surface area (Å²) in [6.07, 6.45) is 0.300. The molecule has 4 N–H and O–H groups in total. The Labute approximate surface area is 170 Å². The fourth-order valence-corrected chi connectivity index (χ4v) is 2.90. The van der Waals surface area contributed by atoms with Gasteiger partial charge in [-0.05, 0) is 42.8 Å². The molecule has 0 fully saturated rings. The molecule has 1 heterocycles. The van der Waals surface area contributed by atoms with E-state index in [0.717, 1.165) is 10.2 Å². The van der Waals surface area contributed by atoms with E-state index in [0.29, 0.717) is 11.4 Å². The Bertz CT molecular complexity index is 924. The Kier molecular flexibility index (Phi) is 6.44. The number of hydrogen-bond acceptors (Lipinski definition) is 5. The van der Waals surface area contributed by atoms with Crippen LogP contribution in [0.2, 0.25) is 0 Å². The van der Waals surface area contributed by atoms with Gasteiger partial charge < -0.3 is 10.4 Å². The van der Waals surface area contributed by atoms with Crippen LogP contribution in [0.15, 0.2) is 75.4 Å². The number of nitrogens with zero attached hydrogens (tertiary/aromatic N) is 1. The summed E-state index contributed by atoms with van der Waals surface area (Å²) in [5.41, 5.74) is 7.34. The summed E-state index contributed by atoms with van der Waals surface area (Å²) in [4.78, 5) is 28.7. The zero-order valence-corrected chi connectivity index (χ0v) is 16.5. The van der Waals surface area contributed by atoms with Gasteiger partial charge in [-0.1, -0.05) is 34.1 Å². The molecule has 0 spiro atoms. The molecule has 0 unspecified atom stereocenters. The van der Waals surface area contributed by atoms with Crippen molar-refractivity contribution in [1.29, 1.82) is 0 Å². The molecule has 0 atom stereocenters. The summed E-state index contributed by atoms with van der Waals surface area (Å²) in [6.45, 7) is 0.0687. The Morgan fingerprint density at radius 2 is 1.82 bits per heavy atom. The number of nitrogens with one attached hydrogen (secondary N) is 3. The third kappa shape index (κ3) is 5.20. The van der Waals surface area contributed by atoms with Crippen molar-refractivity contribution in [2.24, 2.45) is 4.99 Å². The van der Waals surface area contributed by atoms with Crippen LogP contribution in [-0.4, -0.2) is 29.2 Å². The van der Waals surface area contributed by atoms with Crippen LogP contribution in [0.3, 0.4) is 0 Å². The van der Waals surface area contributed by atoms with Gasteiger partial charge in [0.1, 0.15) is 11.3 Å². The van der Waals surface area contributed by atoms with Gasteiger partial charge in [-0.2, -0.15) is 0 Å².